The molecule has 1 amide bonds. The van der Waals surface area contributed by atoms with Crippen LogP contribution in [0.1, 0.15) is 5.69 Å². The minimum absolute atomic E-state index is 0.0302. The highest BCUT2D eigenvalue weighted by molar-refractivity contribution is 7.91. The fraction of sp³-hybridized carbons (Fsp3) is 0.118. The smallest absolute Gasteiger partial charge is 0.404 e. The van der Waals surface area contributed by atoms with Crippen LogP contribution in [0.3, 0.4) is 0 Å². The third-order valence-corrected chi connectivity index (χ3v) is 5.39. The van der Waals surface area contributed by atoms with Crippen molar-refractivity contribution in [2.24, 2.45) is 0 Å². The predicted octanol–water partition coefficient (Wildman–Crippen LogP) is 2.05. The van der Waals surface area contributed by atoms with Gasteiger partial charge in [-0.2, -0.15) is 5.10 Å². The summed E-state index contributed by atoms with van der Waals surface area (Å²) >= 11 is 0. The number of carboxylic acid groups (broad SMARTS) is 1. The van der Waals surface area contributed by atoms with E-state index in [1.807, 2.05) is 0 Å². The number of aromatic nitrogens is 3. The van der Waals surface area contributed by atoms with Gasteiger partial charge in [-0.05, 0) is 30.3 Å². The number of rotatable bonds is 6. The molecular weight excluding hydrogens is 375 g/mol. The highest BCUT2D eigenvalue weighted by atomic mass is 32.2. The average molecular weight is 390 g/mol. The monoisotopic (exact) mass is 390 g/mol. The van der Waals surface area contributed by atoms with Crippen LogP contribution in [0.2, 0.25) is 0 Å². The Balaban J connectivity index is 2.10. The minimum Gasteiger partial charge on any atom is -0.465 e. The number of amides is 1. The molecule has 3 aromatic rings. The molecule has 0 spiro atoms. The van der Waals surface area contributed by atoms with Gasteiger partial charge >= 0.3 is 6.09 Å². The Kier molecular flexibility index (Phi) is 5.17. The van der Waals surface area contributed by atoms with Gasteiger partial charge in [0.05, 0.1) is 10.6 Å². The van der Waals surface area contributed by atoms with E-state index in [9.17, 15) is 17.6 Å². The highest BCUT2D eigenvalue weighted by Gasteiger charge is 2.26. The molecule has 140 valence electrons. The Morgan fingerprint density at radius 3 is 2.67 bits per heavy atom. The number of nitrogens with zero attached hydrogens (tertiary/aromatic N) is 3. The summed E-state index contributed by atoms with van der Waals surface area (Å²) < 4.78 is 41.3. The van der Waals surface area contributed by atoms with Crippen LogP contribution in [-0.2, 0) is 16.3 Å². The maximum absolute atomic E-state index is 14.3. The maximum atomic E-state index is 14.3. The van der Waals surface area contributed by atoms with Gasteiger partial charge in [-0.15, -0.1) is 0 Å². The number of benzene rings is 1. The minimum atomic E-state index is -4.02. The first-order valence-electron chi connectivity index (χ1n) is 7.85. The fourth-order valence-corrected chi connectivity index (χ4v) is 3.80. The molecule has 1 aromatic carbocycles. The first-order chi connectivity index (χ1) is 12.9. The van der Waals surface area contributed by atoms with Crippen molar-refractivity contribution >= 4 is 15.9 Å². The highest BCUT2D eigenvalue weighted by Crippen LogP contribution is 2.25. The summed E-state index contributed by atoms with van der Waals surface area (Å²) in [5.74, 6) is -0.640. The number of hydrogen-bond acceptors (Lipinski definition) is 5. The predicted molar refractivity (Wildman–Crippen MR) is 92.9 cm³/mol. The van der Waals surface area contributed by atoms with Gasteiger partial charge in [-0.1, -0.05) is 12.1 Å². The van der Waals surface area contributed by atoms with E-state index in [1.165, 1.54) is 48.8 Å². The number of sulfone groups is 1. The van der Waals surface area contributed by atoms with E-state index in [0.29, 0.717) is 5.69 Å². The molecule has 0 aliphatic rings. The average Bonchev–Trinajstić information content (AvgIpc) is 3.07. The van der Waals surface area contributed by atoms with Crippen LogP contribution in [0.5, 0.6) is 0 Å². The van der Waals surface area contributed by atoms with Gasteiger partial charge in [0.2, 0.25) is 9.84 Å². The summed E-state index contributed by atoms with van der Waals surface area (Å²) in [4.78, 5) is 14.3. The second kappa shape index (κ2) is 7.54. The SMILES string of the molecule is O=C(O)NCCc1cc(S(=O)(=O)c2cccnc2)n(-c2ccccc2F)n1. The number of pyridine rings is 1. The van der Waals surface area contributed by atoms with E-state index in [2.05, 4.69) is 15.4 Å². The number of para-hydroxylation sites is 1. The van der Waals surface area contributed by atoms with E-state index in [1.54, 1.807) is 6.07 Å². The summed E-state index contributed by atoms with van der Waals surface area (Å²) in [5.41, 5.74) is 0.270. The topological polar surface area (TPSA) is 114 Å². The lowest BCUT2D eigenvalue weighted by molar-refractivity contribution is 0.194. The molecule has 8 nitrogen and oxygen atoms in total. The molecule has 2 N–H and O–H groups in total. The maximum Gasteiger partial charge on any atom is 0.404 e. The molecule has 0 atom stereocenters. The zero-order valence-electron chi connectivity index (χ0n) is 13.9. The van der Waals surface area contributed by atoms with Gasteiger partial charge in [-0.25, -0.2) is 22.3 Å². The Morgan fingerprint density at radius 1 is 1.22 bits per heavy atom. The Bertz CT molecular complexity index is 1070. The van der Waals surface area contributed by atoms with Crippen molar-refractivity contribution in [3.8, 4) is 5.69 Å². The lowest BCUT2D eigenvalue weighted by Crippen LogP contribution is -2.23. The fourth-order valence-electron chi connectivity index (χ4n) is 2.44. The lowest BCUT2D eigenvalue weighted by atomic mass is 10.3. The van der Waals surface area contributed by atoms with Gasteiger partial charge in [-0.3, -0.25) is 4.98 Å². The molecule has 3 rings (SSSR count). The standard InChI is InChI=1S/C17H15FN4O4S/c18-14-5-1-2-6-15(14)22-16(10-12(21-22)7-9-20-17(23)24)27(25,26)13-4-3-8-19-11-13/h1-6,8,10-11,20H,7,9H2,(H,23,24). The molecule has 27 heavy (non-hydrogen) atoms. The molecule has 0 fully saturated rings. The normalized spacial score (nSPS) is 11.3. The first kappa shape index (κ1) is 18.5. The molecule has 0 radical (unpaired) electrons. The Labute approximate surface area is 154 Å². The molecule has 2 aromatic heterocycles. The zero-order valence-corrected chi connectivity index (χ0v) is 14.7. The molecular formula is C17H15FN4O4S. The van der Waals surface area contributed by atoms with Crippen molar-refractivity contribution in [3.63, 3.8) is 0 Å². The van der Waals surface area contributed by atoms with E-state index in [0.717, 1.165) is 4.68 Å². The molecule has 0 aliphatic heterocycles. The third-order valence-electron chi connectivity index (χ3n) is 3.69. The molecule has 0 aliphatic carbocycles. The summed E-state index contributed by atoms with van der Waals surface area (Å²) in [7, 11) is -4.02. The zero-order chi connectivity index (χ0) is 19.4. The van der Waals surface area contributed by atoms with Crippen LogP contribution >= 0.6 is 0 Å². The van der Waals surface area contributed by atoms with Crippen molar-refractivity contribution in [1.29, 1.82) is 0 Å². The van der Waals surface area contributed by atoms with Crippen LogP contribution in [-0.4, -0.2) is 40.9 Å². The Hall–Kier alpha value is -3.27. The summed E-state index contributed by atoms with van der Waals surface area (Å²) in [6, 6.07) is 9.81. The summed E-state index contributed by atoms with van der Waals surface area (Å²) in [6.45, 7) is 0.0377. The number of carbonyl (C=O) groups is 1. The van der Waals surface area contributed by atoms with Crippen LogP contribution in [0.15, 0.2) is 64.8 Å². The van der Waals surface area contributed by atoms with Crippen molar-refractivity contribution in [2.45, 2.75) is 16.3 Å². The van der Waals surface area contributed by atoms with E-state index < -0.39 is 21.7 Å². The molecule has 0 unspecified atom stereocenters. The number of halogens is 1. The third kappa shape index (κ3) is 3.95. The number of nitrogens with one attached hydrogen (secondary N) is 1. The van der Waals surface area contributed by atoms with Gasteiger partial charge < -0.3 is 10.4 Å². The number of hydrogen-bond donors (Lipinski definition) is 2. The molecule has 0 saturated carbocycles. The quantitative estimate of drug-likeness (QED) is 0.666. The summed E-state index contributed by atoms with van der Waals surface area (Å²) in [6.07, 6.45) is 1.57. The molecule has 0 saturated heterocycles. The van der Waals surface area contributed by atoms with Crippen molar-refractivity contribution < 1.29 is 22.7 Å². The van der Waals surface area contributed by atoms with Crippen LogP contribution < -0.4 is 5.32 Å². The van der Waals surface area contributed by atoms with Crippen molar-refractivity contribution in [2.75, 3.05) is 6.54 Å². The second-order valence-electron chi connectivity index (χ2n) is 5.51. The molecule has 10 heteroatoms. The van der Waals surface area contributed by atoms with Crippen LogP contribution in [0.25, 0.3) is 5.69 Å². The van der Waals surface area contributed by atoms with Crippen molar-refractivity contribution in [3.05, 3.63) is 66.4 Å². The van der Waals surface area contributed by atoms with Gasteiger partial charge in [0.1, 0.15) is 11.5 Å². The molecule has 0 bridgehead atoms. The van der Waals surface area contributed by atoms with E-state index >= 15 is 0 Å². The van der Waals surface area contributed by atoms with E-state index in [-0.39, 0.29) is 28.6 Å². The lowest BCUT2D eigenvalue weighted by Gasteiger charge is -2.09. The van der Waals surface area contributed by atoms with Crippen LogP contribution in [0.4, 0.5) is 9.18 Å². The second-order valence-corrected chi connectivity index (χ2v) is 7.41. The largest absolute Gasteiger partial charge is 0.465 e. The van der Waals surface area contributed by atoms with Gasteiger partial charge in [0.15, 0.2) is 5.03 Å². The van der Waals surface area contributed by atoms with E-state index in [4.69, 9.17) is 5.11 Å². The van der Waals surface area contributed by atoms with Crippen molar-refractivity contribution in [1.82, 2.24) is 20.1 Å². The Morgan fingerprint density at radius 2 is 2.00 bits per heavy atom. The summed E-state index contributed by atoms with van der Waals surface area (Å²) in [5, 5.41) is 14.8. The van der Waals surface area contributed by atoms with Gasteiger partial charge in [0.25, 0.3) is 0 Å². The first-order valence-corrected chi connectivity index (χ1v) is 9.33. The van der Waals surface area contributed by atoms with Crippen LogP contribution in [0, 0.1) is 5.82 Å². The van der Waals surface area contributed by atoms with Gasteiger partial charge in [0, 0.05) is 25.4 Å². The molecule has 2 heterocycles.